The van der Waals surface area contributed by atoms with Crippen LogP contribution in [0.2, 0.25) is 0 Å². The summed E-state index contributed by atoms with van der Waals surface area (Å²) in [5, 5.41) is 0. The van der Waals surface area contributed by atoms with E-state index in [1.54, 1.807) is 0 Å². The van der Waals surface area contributed by atoms with Crippen LogP contribution in [0.3, 0.4) is 0 Å². The van der Waals surface area contributed by atoms with E-state index in [4.69, 9.17) is 20.4 Å². The van der Waals surface area contributed by atoms with E-state index in [0.717, 1.165) is 23.4 Å². The first-order chi connectivity index (χ1) is 9.02. The van der Waals surface area contributed by atoms with E-state index in [2.05, 4.69) is 50.6 Å². The van der Waals surface area contributed by atoms with E-state index in [0.29, 0.717) is 12.7 Å². The number of halogens is 2. The molecule has 0 aliphatic rings. The molecule has 0 fully saturated rings. The normalized spacial score (nSPS) is 11.4. The fraction of sp³-hybridized carbons (Fsp3) is 0.500. The quantitative estimate of drug-likeness (QED) is 0.474. The Morgan fingerprint density at radius 2 is 1.79 bits per heavy atom. The van der Waals surface area contributed by atoms with Crippen molar-refractivity contribution in [2.45, 2.75) is 45.4 Å². The molecule has 112 valence electrons. The summed E-state index contributed by atoms with van der Waals surface area (Å²) in [6, 6.07) is 6.09. The Kier molecular flexibility index (Phi) is 12.4. The van der Waals surface area contributed by atoms with Crippen LogP contribution in [-0.2, 0) is 19.1 Å². The van der Waals surface area contributed by atoms with Gasteiger partial charge in [0.1, 0.15) is 0 Å². The second kappa shape index (κ2) is 12.2. The molecule has 0 bridgehead atoms. The number of aromatic nitrogens is 1. The molecule has 0 aromatic carbocycles. The van der Waals surface area contributed by atoms with E-state index in [1.807, 2.05) is 18.3 Å². The van der Waals surface area contributed by atoms with Crippen molar-refractivity contribution in [2.75, 3.05) is 0 Å². The zero-order valence-electron chi connectivity index (χ0n) is 11.8. The second-order valence-corrected chi connectivity index (χ2v) is 9.48. The summed E-state index contributed by atoms with van der Waals surface area (Å²) in [6.45, 7) is 9.27. The molecule has 1 rings (SSSR count). The molecule has 0 aliphatic heterocycles. The maximum atomic E-state index is 4.70. The van der Waals surface area contributed by atoms with Gasteiger partial charge in [-0.3, -0.25) is 4.98 Å². The fourth-order valence-electron chi connectivity index (χ4n) is 1.75. The van der Waals surface area contributed by atoms with Gasteiger partial charge in [-0.15, -0.1) is 0 Å². The van der Waals surface area contributed by atoms with E-state index >= 15 is 0 Å². The monoisotopic (exact) mass is 363 g/mol. The van der Waals surface area contributed by atoms with Gasteiger partial charge in [0.05, 0.1) is 0 Å². The molecule has 5 heteroatoms. The van der Waals surface area contributed by atoms with Crippen LogP contribution in [0.4, 0.5) is 0 Å². The van der Waals surface area contributed by atoms with Gasteiger partial charge >= 0.3 is 33.0 Å². The summed E-state index contributed by atoms with van der Waals surface area (Å²) in [5.74, 6) is 2.42. The van der Waals surface area contributed by atoms with Crippen molar-refractivity contribution in [3.63, 3.8) is 0 Å². The predicted molar refractivity (Wildman–Crippen MR) is 86.0 cm³/mol. The Labute approximate surface area is 133 Å². The molecule has 0 saturated heterocycles. The topological polar surface area (TPSA) is 12.9 Å². The summed E-state index contributed by atoms with van der Waals surface area (Å²) in [7, 11) is 9.42. The van der Waals surface area contributed by atoms with Crippen molar-refractivity contribution in [2.24, 2.45) is 0 Å². The molecule has 0 amide bonds. The Morgan fingerprint density at radius 3 is 2.21 bits per heavy atom. The summed E-state index contributed by atoms with van der Waals surface area (Å²) >= 11 is 0.569. The number of allylic oxidation sites excluding steroid dienone is 1. The van der Waals surface area contributed by atoms with Gasteiger partial charge in [0, 0.05) is 18.3 Å². The first-order valence-electron chi connectivity index (χ1n) is 6.19. The zero-order valence-corrected chi connectivity index (χ0v) is 15.2. The third-order valence-electron chi connectivity index (χ3n) is 2.52. The number of hydrogen-bond donors (Lipinski definition) is 0. The van der Waals surface area contributed by atoms with Gasteiger partial charge in [-0.1, -0.05) is 53.6 Å². The van der Waals surface area contributed by atoms with Gasteiger partial charge in [0.25, 0.3) is 0 Å². The van der Waals surface area contributed by atoms with E-state index < -0.39 is 0 Å². The van der Waals surface area contributed by atoms with Gasteiger partial charge in [-0.2, -0.15) is 0 Å². The summed E-state index contributed by atoms with van der Waals surface area (Å²) in [6.07, 6.45) is 5.10. The predicted octanol–water partition coefficient (Wildman–Crippen LogP) is 5.81. The zero-order chi connectivity index (χ0) is 14.7. The molecule has 0 N–H and O–H groups in total. The number of hydrogen-bond acceptors (Lipinski definition) is 1. The Balaban J connectivity index is 0.000000982. The van der Waals surface area contributed by atoms with Crippen molar-refractivity contribution in [1.29, 1.82) is 0 Å². The van der Waals surface area contributed by atoms with Gasteiger partial charge in [-0.25, -0.2) is 0 Å². The fourth-order valence-corrected chi connectivity index (χ4v) is 3.98. The van der Waals surface area contributed by atoms with E-state index in [-0.39, 0.29) is 7.92 Å². The van der Waals surface area contributed by atoms with Crippen LogP contribution >= 0.6 is 28.3 Å². The maximum absolute atomic E-state index is 4.70. The Bertz CT molecular complexity index is 337. The third kappa shape index (κ3) is 9.86. The van der Waals surface area contributed by atoms with Crippen LogP contribution in [0.15, 0.2) is 36.3 Å². The van der Waals surface area contributed by atoms with Gasteiger partial charge < -0.3 is 0 Å². The molecular formula is C14H22Cl2NNiP. The first-order valence-corrected chi connectivity index (χ1v) is 10.5. The molecule has 1 heterocycles. The number of nitrogens with zero attached hydrogens (tertiary/aromatic N) is 1. The molecule has 0 aliphatic carbocycles. The Morgan fingerprint density at radius 1 is 1.21 bits per heavy atom. The summed E-state index contributed by atoms with van der Waals surface area (Å²) < 4.78 is 0. The van der Waals surface area contributed by atoms with Crippen molar-refractivity contribution in [1.82, 2.24) is 4.98 Å². The summed E-state index contributed by atoms with van der Waals surface area (Å²) in [5.41, 5.74) is 2.70. The standard InChI is InChI=1S/C14H22NP.2ClH.Ni/c1-12(2)16(13(3)4)11-7-9-14-8-5-6-10-15-14;;;/h5-8,10-13H,9H2,1-4H3;2*1H;/q;;;+2/p-2. The van der Waals surface area contributed by atoms with Crippen molar-refractivity contribution in [3.05, 3.63) is 42.0 Å². The van der Waals surface area contributed by atoms with Gasteiger partial charge in [-0.05, 0) is 23.5 Å². The number of pyridine rings is 1. The molecule has 0 saturated carbocycles. The average molecular weight is 365 g/mol. The first kappa shape index (κ1) is 19.4. The molecule has 0 spiro atoms. The molecule has 0 atom stereocenters. The molecule has 19 heavy (non-hydrogen) atoms. The third-order valence-corrected chi connectivity index (χ3v) is 5.46. The van der Waals surface area contributed by atoms with Gasteiger partial charge in [0.15, 0.2) is 0 Å². The molecule has 0 unspecified atom stereocenters. The molecule has 1 nitrogen and oxygen atoms in total. The van der Waals surface area contributed by atoms with Crippen LogP contribution in [0.5, 0.6) is 0 Å². The molecule has 0 radical (unpaired) electrons. The number of rotatable bonds is 5. The summed E-state index contributed by atoms with van der Waals surface area (Å²) in [4.78, 5) is 4.32. The van der Waals surface area contributed by atoms with E-state index in [1.165, 1.54) is 0 Å². The van der Waals surface area contributed by atoms with Crippen molar-refractivity contribution < 1.29 is 12.7 Å². The minimum atomic E-state index is 0.0168. The SMILES string of the molecule is CC(C)P(C=CCc1ccccn1)C(C)C.[Cl][Ni][Cl]. The molecular weight excluding hydrogens is 343 g/mol. The van der Waals surface area contributed by atoms with Crippen LogP contribution < -0.4 is 0 Å². The molecule has 1 aromatic heterocycles. The minimum absolute atomic E-state index is 0.0168. The van der Waals surface area contributed by atoms with Gasteiger partial charge in [0.2, 0.25) is 0 Å². The van der Waals surface area contributed by atoms with Crippen LogP contribution in [-0.4, -0.2) is 16.3 Å². The second-order valence-electron chi connectivity index (χ2n) is 4.59. The van der Waals surface area contributed by atoms with Crippen molar-refractivity contribution >= 4 is 28.3 Å². The van der Waals surface area contributed by atoms with E-state index in [9.17, 15) is 0 Å². The van der Waals surface area contributed by atoms with Crippen molar-refractivity contribution in [3.8, 4) is 0 Å². The van der Waals surface area contributed by atoms with Crippen LogP contribution in [0.1, 0.15) is 33.4 Å². The van der Waals surface area contributed by atoms with Crippen LogP contribution in [0, 0.1) is 0 Å². The average Bonchev–Trinajstić information content (AvgIpc) is 2.36. The molecule has 1 aromatic rings. The van der Waals surface area contributed by atoms with Crippen LogP contribution in [0.25, 0.3) is 0 Å². The Hall–Kier alpha value is 0.394.